The van der Waals surface area contributed by atoms with Gasteiger partial charge in [-0.2, -0.15) is 0 Å². The van der Waals surface area contributed by atoms with E-state index in [9.17, 15) is 18.3 Å². The molecule has 0 atom stereocenters. The predicted octanol–water partition coefficient (Wildman–Crippen LogP) is 2.70. The van der Waals surface area contributed by atoms with Gasteiger partial charge in [-0.15, -0.1) is 0 Å². The molecule has 2 rings (SSSR count). The molecular formula is C15H15NO4S. The van der Waals surface area contributed by atoms with Crippen LogP contribution in [0.2, 0.25) is 0 Å². The van der Waals surface area contributed by atoms with Crippen LogP contribution >= 0.6 is 0 Å². The highest BCUT2D eigenvalue weighted by Crippen LogP contribution is 2.23. The molecule has 0 amide bonds. The van der Waals surface area contributed by atoms with Crippen LogP contribution in [-0.2, 0) is 10.0 Å². The molecule has 21 heavy (non-hydrogen) atoms. The van der Waals surface area contributed by atoms with Gasteiger partial charge in [-0.05, 0) is 49.7 Å². The monoisotopic (exact) mass is 305 g/mol. The van der Waals surface area contributed by atoms with E-state index in [1.807, 2.05) is 0 Å². The smallest absolute Gasteiger partial charge is 0.261 e. The fourth-order valence-electron chi connectivity index (χ4n) is 1.82. The minimum atomic E-state index is -3.78. The van der Waals surface area contributed by atoms with Crippen LogP contribution in [-0.4, -0.2) is 19.3 Å². The number of anilines is 1. The lowest BCUT2D eigenvalue weighted by Crippen LogP contribution is -2.13. The van der Waals surface area contributed by atoms with Crippen molar-refractivity contribution in [1.82, 2.24) is 0 Å². The second-order valence-electron chi connectivity index (χ2n) is 4.69. The van der Waals surface area contributed by atoms with Crippen LogP contribution in [0.4, 0.5) is 5.69 Å². The highest BCUT2D eigenvalue weighted by Gasteiger charge is 2.15. The standard InChI is InChI=1S/C15H15NO4S/c1-10-8-13(6-7-15(10)18)16-21(19,20)14-5-3-4-12(9-14)11(2)17/h3-9,16,18H,1-2H3. The van der Waals surface area contributed by atoms with E-state index in [1.54, 1.807) is 13.0 Å². The Hall–Kier alpha value is -2.34. The third kappa shape index (κ3) is 3.41. The molecule has 2 N–H and O–H groups in total. The first-order chi connectivity index (χ1) is 9.79. The summed E-state index contributed by atoms with van der Waals surface area (Å²) in [7, 11) is -3.78. The maximum absolute atomic E-state index is 12.3. The van der Waals surface area contributed by atoms with E-state index >= 15 is 0 Å². The van der Waals surface area contributed by atoms with Crippen molar-refractivity contribution in [2.75, 3.05) is 4.72 Å². The molecule has 0 radical (unpaired) electrons. The van der Waals surface area contributed by atoms with Gasteiger partial charge in [0.25, 0.3) is 10.0 Å². The van der Waals surface area contributed by atoms with Crippen LogP contribution in [0.25, 0.3) is 0 Å². The molecule has 110 valence electrons. The summed E-state index contributed by atoms with van der Waals surface area (Å²) >= 11 is 0. The summed E-state index contributed by atoms with van der Waals surface area (Å²) in [5.74, 6) is -0.107. The average molecular weight is 305 g/mol. The maximum Gasteiger partial charge on any atom is 0.261 e. The van der Waals surface area contributed by atoms with Crippen LogP contribution in [0.5, 0.6) is 5.75 Å². The number of benzene rings is 2. The normalized spacial score (nSPS) is 11.1. The molecule has 0 fully saturated rings. The lowest BCUT2D eigenvalue weighted by atomic mass is 10.2. The Morgan fingerprint density at radius 1 is 1.14 bits per heavy atom. The number of ketones is 1. The Bertz CT molecular complexity index is 797. The molecule has 0 spiro atoms. The first kappa shape index (κ1) is 15.1. The summed E-state index contributed by atoms with van der Waals surface area (Å²) < 4.78 is 27.0. The van der Waals surface area contributed by atoms with Gasteiger partial charge in [0.1, 0.15) is 5.75 Å². The van der Waals surface area contributed by atoms with E-state index in [0.29, 0.717) is 16.8 Å². The van der Waals surface area contributed by atoms with Gasteiger partial charge in [0.05, 0.1) is 4.90 Å². The van der Waals surface area contributed by atoms with Crippen LogP contribution in [0.1, 0.15) is 22.8 Å². The fraction of sp³-hybridized carbons (Fsp3) is 0.133. The summed E-state index contributed by atoms with van der Waals surface area (Å²) in [4.78, 5) is 11.3. The average Bonchev–Trinajstić information content (AvgIpc) is 2.43. The SMILES string of the molecule is CC(=O)c1cccc(S(=O)(=O)Nc2ccc(O)c(C)c2)c1. The molecule has 0 aromatic heterocycles. The Labute approximate surface area is 123 Å². The van der Waals surface area contributed by atoms with Crippen molar-refractivity contribution < 1.29 is 18.3 Å². The Morgan fingerprint density at radius 2 is 1.86 bits per heavy atom. The Kier molecular flexibility index (Phi) is 3.99. The largest absolute Gasteiger partial charge is 0.508 e. The number of carbonyl (C=O) groups is 1. The molecule has 0 saturated heterocycles. The number of nitrogens with one attached hydrogen (secondary N) is 1. The fourth-order valence-corrected chi connectivity index (χ4v) is 2.91. The van der Waals surface area contributed by atoms with E-state index in [-0.39, 0.29) is 16.4 Å². The van der Waals surface area contributed by atoms with E-state index in [1.165, 1.54) is 43.3 Å². The number of phenolic OH excluding ortho intramolecular Hbond substituents is 1. The summed E-state index contributed by atoms with van der Waals surface area (Å²) in [5.41, 5.74) is 1.24. The molecule has 0 aliphatic heterocycles. The topological polar surface area (TPSA) is 83.5 Å². The van der Waals surface area contributed by atoms with Crippen molar-refractivity contribution in [1.29, 1.82) is 0 Å². The lowest BCUT2D eigenvalue weighted by molar-refractivity contribution is 0.101. The van der Waals surface area contributed by atoms with Gasteiger partial charge in [-0.25, -0.2) is 8.42 Å². The van der Waals surface area contributed by atoms with E-state index in [0.717, 1.165) is 0 Å². The molecule has 0 unspecified atom stereocenters. The number of aryl methyl sites for hydroxylation is 1. The molecule has 2 aromatic rings. The molecule has 0 aliphatic carbocycles. The number of sulfonamides is 1. The highest BCUT2D eigenvalue weighted by molar-refractivity contribution is 7.92. The zero-order valence-electron chi connectivity index (χ0n) is 11.6. The van der Waals surface area contributed by atoms with Gasteiger partial charge in [-0.1, -0.05) is 12.1 Å². The van der Waals surface area contributed by atoms with E-state index in [4.69, 9.17) is 0 Å². The predicted molar refractivity (Wildman–Crippen MR) is 80.1 cm³/mol. The van der Waals surface area contributed by atoms with Gasteiger partial charge >= 0.3 is 0 Å². The van der Waals surface area contributed by atoms with Gasteiger partial charge in [0.2, 0.25) is 0 Å². The Balaban J connectivity index is 2.36. The van der Waals surface area contributed by atoms with Crippen molar-refractivity contribution in [2.24, 2.45) is 0 Å². The number of phenols is 1. The lowest BCUT2D eigenvalue weighted by Gasteiger charge is -2.10. The Morgan fingerprint density at radius 3 is 2.48 bits per heavy atom. The summed E-state index contributed by atoms with van der Waals surface area (Å²) in [6.45, 7) is 3.05. The van der Waals surface area contributed by atoms with E-state index < -0.39 is 10.0 Å². The number of carbonyl (C=O) groups excluding carboxylic acids is 1. The van der Waals surface area contributed by atoms with Crippen LogP contribution in [0.3, 0.4) is 0 Å². The first-order valence-corrected chi connectivity index (χ1v) is 7.71. The van der Waals surface area contributed by atoms with Crippen molar-refractivity contribution in [3.8, 4) is 5.75 Å². The number of Topliss-reactive ketones (excluding diaryl/α,β-unsaturated/α-hetero) is 1. The number of hydrogen-bond donors (Lipinski definition) is 2. The van der Waals surface area contributed by atoms with E-state index in [2.05, 4.69) is 4.72 Å². The maximum atomic E-state index is 12.3. The summed E-state index contributed by atoms with van der Waals surface area (Å²) in [5, 5.41) is 9.44. The van der Waals surface area contributed by atoms with Gasteiger partial charge in [0, 0.05) is 11.3 Å². The zero-order valence-corrected chi connectivity index (χ0v) is 12.4. The number of hydrogen-bond acceptors (Lipinski definition) is 4. The summed E-state index contributed by atoms with van der Waals surface area (Å²) in [6, 6.07) is 10.2. The number of aromatic hydroxyl groups is 1. The van der Waals surface area contributed by atoms with Gasteiger partial charge in [0.15, 0.2) is 5.78 Å². The third-order valence-corrected chi connectivity index (χ3v) is 4.38. The molecule has 6 heteroatoms. The van der Waals surface area contributed by atoms with Crippen molar-refractivity contribution in [3.05, 3.63) is 53.6 Å². The molecular weight excluding hydrogens is 290 g/mol. The molecule has 2 aromatic carbocycles. The third-order valence-electron chi connectivity index (χ3n) is 3.00. The summed E-state index contributed by atoms with van der Waals surface area (Å²) in [6.07, 6.45) is 0. The van der Waals surface area contributed by atoms with Crippen molar-refractivity contribution >= 4 is 21.5 Å². The molecule has 0 saturated carbocycles. The molecule has 5 nitrogen and oxygen atoms in total. The molecule has 0 heterocycles. The second-order valence-corrected chi connectivity index (χ2v) is 6.37. The van der Waals surface area contributed by atoms with Crippen molar-refractivity contribution in [2.45, 2.75) is 18.7 Å². The van der Waals surface area contributed by atoms with Gasteiger partial charge < -0.3 is 5.11 Å². The first-order valence-electron chi connectivity index (χ1n) is 6.23. The number of rotatable bonds is 4. The zero-order chi connectivity index (χ0) is 15.6. The van der Waals surface area contributed by atoms with Gasteiger partial charge in [-0.3, -0.25) is 9.52 Å². The highest BCUT2D eigenvalue weighted by atomic mass is 32.2. The minimum Gasteiger partial charge on any atom is -0.508 e. The quantitative estimate of drug-likeness (QED) is 0.672. The molecule has 0 bridgehead atoms. The second kappa shape index (κ2) is 5.57. The van der Waals surface area contributed by atoms with Crippen LogP contribution in [0, 0.1) is 6.92 Å². The van der Waals surface area contributed by atoms with Crippen LogP contribution in [0.15, 0.2) is 47.4 Å². The molecule has 0 aliphatic rings. The van der Waals surface area contributed by atoms with Crippen molar-refractivity contribution in [3.63, 3.8) is 0 Å². The minimum absolute atomic E-state index is 0.0147. The van der Waals surface area contributed by atoms with Crippen LogP contribution < -0.4 is 4.72 Å².